The number of methoxy groups -OCH3 is 2. The summed E-state index contributed by atoms with van der Waals surface area (Å²) >= 11 is 0. The Balaban J connectivity index is 1.66. The fraction of sp³-hybridized carbons (Fsp3) is 0.367. The van der Waals surface area contributed by atoms with Gasteiger partial charge < -0.3 is 19.3 Å². The SMILES string of the molecule is COCC(=O)N(C)C1CCN(C(C(=O)N(C)Cc2c(OC)c(C#N)cc3ccccc23)c2ccc(F)cc2)C1. The molecule has 1 heterocycles. The van der Waals surface area contributed by atoms with Gasteiger partial charge in [0.2, 0.25) is 11.8 Å². The van der Waals surface area contributed by atoms with Crippen LogP contribution in [0.1, 0.15) is 29.2 Å². The minimum Gasteiger partial charge on any atom is -0.495 e. The number of benzene rings is 3. The van der Waals surface area contributed by atoms with E-state index in [2.05, 4.69) is 6.07 Å². The lowest BCUT2D eigenvalue weighted by Crippen LogP contribution is -2.44. The molecule has 0 aromatic heterocycles. The largest absolute Gasteiger partial charge is 0.495 e. The molecule has 3 aromatic carbocycles. The van der Waals surface area contributed by atoms with E-state index in [-0.39, 0.29) is 36.8 Å². The van der Waals surface area contributed by atoms with E-state index in [9.17, 15) is 19.2 Å². The zero-order valence-electron chi connectivity index (χ0n) is 22.7. The molecule has 1 aliphatic heterocycles. The molecule has 0 radical (unpaired) electrons. The predicted octanol–water partition coefficient (Wildman–Crippen LogP) is 3.74. The Morgan fingerprint density at radius 3 is 2.54 bits per heavy atom. The van der Waals surface area contributed by atoms with Gasteiger partial charge in [0.15, 0.2) is 0 Å². The molecular weight excluding hydrogens is 499 g/mol. The van der Waals surface area contributed by atoms with E-state index < -0.39 is 6.04 Å². The van der Waals surface area contributed by atoms with Crippen LogP contribution in [0.5, 0.6) is 5.75 Å². The smallest absolute Gasteiger partial charge is 0.248 e. The standard InChI is InChI=1S/C30H33FN4O4/c1-33(18-26-25-8-6-5-7-21(25)15-22(16-32)29(26)39-4)30(37)28(20-9-11-23(31)12-10-20)35-14-13-24(17-35)34(2)27(36)19-38-3/h5-12,15,24,28H,13-14,17-19H2,1-4H3. The van der Waals surface area contributed by atoms with Crippen LogP contribution in [-0.2, 0) is 20.9 Å². The average molecular weight is 533 g/mol. The molecule has 2 amide bonds. The quantitative estimate of drug-likeness (QED) is 0.418. The van der Waals surface area contributed by atoms with Crippen molar-refractivity contribution in [3.8, 4) is 11.8 Å². The van der Waals surface area contributed by atoms with Gasteiger partial charge in [0.1, 0.15) is 30.3 Å². The van der Waals surface area contributed by atoms with Crippen molar-refractivity contribution in [1.82, 2.24) is 14.7 Å². The number of likely N-dealkylation sites (tertiary alicyclic amines) is 1. The Morgan fingerprint density at radius 1 is 1.15 bits per heavy atom. The molecule has 0 saturated carbocycles. The highest BCUT2D eigenvalue weighted by Gasteiger charge is 2.37. The summed E-state index contributed by atoms with van der Waals surface area (Å²) in [6.07, 6.45) is 0.698. The minimum atomic E-state index is -0.678. The fourth-order valence-electron chi connectivity index (χ4n) is 5.30. The summed E-state index contributed by atoms with van der Waals surface area (Å²) in [7, 11) is 6.46. The van der Waals surface area contributed by atoms with E-state index in [1.54, 1.807) is 42.1 Å². The number of ether oxygens (including phenoxy) is 2. The molecule has 3 aromatic rings. The lowest BCUT2D eigenvalue weighted by molar-refractivity contribution is -0.136. The molecule has 204 valence electrons. The molecule has 39 heavy (non-hydrogen) atoms. The summed E-state index contributed by atoms with van der Waals surface area (Å²) < 4.78 is 24.4. The summed E-state index contributed by atoms with van der Waals surface area (Å²) in [5.74, 6) is -0.246. The van der Waals surface area contributed by atoms with E-state index in [0.29, 0.717) is 36.4 Å². The number of hydrogen-bond donors (Lipinski definition) is 0. The molecule has 1 fully saturated rings. The van der Waals surface area contributed by atoms with Crippen LogP contribution in [0.15, 0.2) is 54.6 Å². The number of rotatable bonds is 9. The second-order valence-electron chi connectivity index (χ2n) is 9.79. The molecule has 9 heteroatoms. The highest BCUT2D eigenvalue weighted by atomic mass is 19.1. The highest BCUT2D eigenvalue weighted by Crippen LogP contribution is 2.34. The fourth-order valence-corrected chi connectivity index (χ4v) is 5.30. The third-order valence-corrected chi connectivity index (χ3v) is 7.39. The van der Waals surface area contributed by atoms with Crippen LogP contribution in [0.4, 0.5) is 4.39 Å². The van der Waals surface area contributed by atoms with Gasteiger partial charge in [-0.1, -0.05) is 36.4 Å². The van der Waals surface area contributed by atoms with Gasteiger partial charge in [-0.15, -0.1) is 0 Å². The highest BCUT2D eigenvalue weighted by molar-refractivity contribution is 5.91. The van der Waals surface area contributed by atoms with E-state index in [1.807, 2.05) is 29.2 Å². The van der Waals surface area contributed by atoms with Gasteiger partial charge in [-0.2, -0.15) is 5.26 Å². The first kappa shape index (κ1) is 28.0. The van der Waals surface area contributed by atoms with Crippen LogP contribution in [0, 0.1) is 17.1 Å². The Hall–Kier alpha value is -4.00. The first-order valence-corrected chi connectivity index (χ1v) is 12.8. The van der Waals surface area contributed by atoms with Crippen molar-refractivity contribution in [3.63, 3.8) is 0 Å². The van der Waals surface area contributed by atoms with E-state index in [4.69, 9.17) is 9.47 Å². The molecule has 0 bridgehead atoms. The van der Waals surface area contributed by atoms with Gasteiger partial charge in [-0.25, -0.2) is 4.39 Å². The van der Waals surface area contributed by atoms with Gasteiger partial charge in [0, 0.05) is 52.4 Å². The zero-order valence-corrected chi connectivity index (χ0v) is 22.7. The maximum atomic E-state index is 14.1. The van der Waals surface area contributed by atoms with Crippen LogP contribution in [0.2, 0.25) is 0 Å². The van der Waals surface area contributed by atoms with Crippen molar-refractivity contribution in [2.45, 2.75) is 25.0 Å². The number of amides is 2. The van der Waals surface area contributed by atoms with Crippen molar-refractivity contribution < 1.29 is 23.5 Å². The Morgan fingerprint density at radius 2 is 1.87 bits per heavy atom. The number of carbonyl (C=O) groups is 2. The van der Waals surface area contributed by atoms with Gasteiger partial charge in [-0.05, 0) is 41.0 Å². The average Bonchev–Trinajstić information content (AvgIpc) is 3.43. The summed E-state index contributed by atoms with van der Waals surface area (Å²) in [5, 5.41) is 11.5. The number of hydrogen-bond acceptors (Lipinski definition) is 6. The van der Waals surface area contributed by atoms with Gasteiger partial charge in [-0.3, -0.25) is 14.5 Å². The van der Waals surface area contributed by atoms with Crippen LogP contribution >= 0.6 is 0 Å². The molecule has 0 aliphatic carbocycles. The van der Waals surface area contributed by atoms with Crippen molar-refractivity contribution in [1.29, 1.82) is 5.26 Å². The summed E-state index contributed by atoms with van der Waals surface area (Å²) in [6.45, 7) is 1.28. The van der Waals surface area contributed by atoms with E-state index in [1.165, 1.54) is 26.4 Å². The number of nitriles is 1. The normalized spacial score (nSPS) is 16.1. The maximum absolute atomic E-state index is 14.1. The van der Waals surface area contributed by atoms with E-state index in [0.717, 1.165) is 16.3 Å². The van der Waals surface area contributed by atoms with Crippen molar-refractivity contribution in [3.05, 3.63) is 77.1 Å². The summed E-state index contributed by atoms with van der Waals surface area (Å²) in [5.41, 5.74) is 1.81. The van der Waals surface area contributed by atoms with Crippen LogP contribution in [-0.4, -0.2) is 80.6 Å². The molecular formula is C30H33FN4O4. The first-order valence-electron chi connectivity index (χ1n) is 12.8. The molecule has 0 spiro atoms. The molecule has 2 atom stereocenters. The zero-order chi connectivity index (χ0) is 28.1. The van der Waals surface area contributed by atoms with Gasteiger partial charge in [0.05, 0.1) is 12.7 Å². The van der Waals surface area contributed by atoms with Gasteiger partial charge >= 0.3 is 0 Å². The Kier molecular flexibility index (Phi) is 8.79. The van der Waals surface area contributed by atoms with E-state index >= 15 is 0 Å². The topological polar surface area (TPSA) is 86.1 Å². The number of nitrogens with zero attached hydrogens (tertiary/aromatic N) is 4. The minimum absolute atomic E-state index is 0.00634. The maximum Gasteiger partial charge on any atom is 0.248 e. The lowest BCUT2D eigenvalue weighted by atomic mass is 9.98. The van der Waals surface area contributed by atoms with Crippen LogP contribution < -0.4 is 4.74 Å². The van der Waals surface area contributed by atoms with Crippen LogP contribution in [0.3, 0.4) is 0 Å². The molecule has 0 N–H and O–H groups in total. The third kappa shape index (κ3) is 5.87. The monoisotopic (exact) mass is 532 g/mol. The molecule has 8 nitrogen and oxygen atoms in total. The molecule has 1 aliphatic rings. The van der Waals surface area contributed by atoms with Crippen LogP contribution in [0.25, 0.3) is 10.8 Å². The second-order valence-corrected chi connectivity index (χ2v) is 9.79. The first-order chi connectivity index (χ1) is 18.8. The lowest BCUT2D eigenvalue weighted by Gasteiger charge is -2.32. The number of carbonyl (C=O) groups excluding carboxylic acids is 2. The number of likely N-dealkylation sites (N-methyl/N-ethyl adjacent to an activating group) is 2. The Bertz CT molecular complexity index is 1390. The molecule has 4 rings (SSSR count). The Labute approximate surface area is 228 Å². The predicted molar refractivity (Wildman–Crippen MR) is 145 cm³/mol. The van der Waals surface area contributed by atoms with Crippen molar-refractivity contribution in [2.24, 2.45) is 0 Å². The summed E-state index contributed by atoms with van der Waals surface area (Å²) in [6, 6.07) is 16.9. The van der Waals surface area contributed by atoms with Crippen molar-refractivity contribution >= 4 is 22.6 Å². The van der Waals surface area contributed by atoms with Crippen molar-refractivity contribution in [2.75, 3.05) is 48.0 Å². The summed E-state index contributed by atoms with van der Waals surface area (Å²) in [4.78, 5) is 31.8. The van der Waals surface area contributed by atoms with Gasteiger partial charge in [0.25, 0.3) is 0 Å². The molecule has 1 saturated heterocycles. The second kappa shape index (κ2) is 12.2. The third-order valence-electron chi connectivity index (χ3n) is 7.39. The molecule has 2 unspecified atom stereocenters. The number of fused-ring (bicyclic) bond motifs is 1. The number of halogens is 1.